The van der Waals surface area contributed by atoms with Gasteiger partial charge in [-0.25, -0.2) is 27.9 Å². The Kier molecular flexibility index (Phi) is 6.37. The minimum atomic E-state index is -4.71. The fourth-order valence-electron chi connectivity index (χ4n) is 3.81. The first-order chi connectivity index (χ1) is 16.8. The Hall–Kier alpha value is -3.74. The summed E-state index contributed by atoms with van der Waals surface area (Å²) in [5.74, 6) is -6.29. The molecular weight excluding hydrogens is 506 g/mol. The van der Waals surface area contributed by atoms with Gasteiger partial charge in [0.1, 0.15) is 28.7 Å². The summed E-state index contributed by atoms with van der Waals surface area (Å²) in [6.07, 6.45) is -1.08. The predicted octanol–water partition coefficient (Wildman–Crippen LogP) is 2.38. The van der Waals surface area contributed by atoms with Crippen molar-refractivity contribution in [3.05, 3.63) is 58.9 Å². The summed E-state index contributed by atoms with van der Waals surface area (Å²) in [5, 5.41) is 11.3. The third-order valence-corrected chi connectivity index (χ3v) is 6.47. The fourth-order valence-corrected chi connectivity index (χ4v) is 4.54. The smallest absolute Gasteiger partial charge is 0.328 e. The minimum Gasteiger partial charge on any atom is -0.480 e. The van der Waals surface area contributed by atoms with Crippen LogP contribution in [0.2, 0.25) is 0 Å². The second-order valence-corrected chi connectivity index (χ2v) is 9.86. The number of carbonyl (C=O) groups excluding carboxylic acids is 1. The lowest BCUT2D eigenvalue weighted by atomic mass is 10.1. The van der Waals surface area contributed by atoms with Crippen molar-refractivity contribution in [3.63, 3.8) is 0 Å². The van der Waals surface area contributed by atoms with Gasteiger partial charge < -0.3 is 29.8 Å². The number of carboxylic acid groups (broad SMARTS) is 1. The van der Waals surface area contributed by atoms with E-state index >= 15 is 0 Å². The molecule has 0 spiro atoms. The molecule has 1 amide bonds. The number of aryl methyl sites for hydroxylation is 1. The van der Waals surface area contributed by atoms with Gasteiger partial charge in [-0.1, -0.05) is 0 Å². The molecule has 2 heterocycles. The monoisotopic (exact) mass is 525 g/mol. The van der Waals surface area contributed by atoms with Gasteiger partial charge in [-0.2, -0.15) is 0 Å². The molecular formula is C21H19F3N5O6P. The molecule has 0 aliphatic heterocycles. The van der Waals surface area contributed by atoms with Crippen molar-refractivity contribution >= 4 is 41.5 Å². The van der Waals surface area contributed by atoms with Gasteiger partial charge >= 0.3 is 13.6 Å². The standard InChI is InChI=1S/C21H19F3N5O6P/c1-8(18-27-16-11(23)6-10(22)15(24)17(16)28-18)19-25-12-4-3-9(5-14(12)29(19)2)20(30)26-13(21(31)32)7-36(33,34)35/h3-6,8,13H,7H2,1-2H3,(H,26,30)(H,27,28)(H,31,32)(H2,33,34,35). The van der Waals surface area contributed by atoms with E-state index in [9.17, 15) is 32.4 Å². The molecule has 0 aliphatic carbocycles. The van der Waals surface area contributed by atoms with Crippen LogP contribution in [0.15, 0.2) is 24.3 Å². The second-order valence-electron chi connectivity index (χ2n) is 8.17. The molecule has 0 saturated heterocycles. The van der Waals surface area contributed by atoms with Crippen LogP contribution in [0.4, 0.5) is 13.2 Å². The molecule has 15 heteroatoms. The first-order valence-corrected chi connectivity index (χ1v) is 12.1. The van der Waals surface area contributed by atoms with Crippen LogP contribution in [0.3, 0.4) is 0 Å². The zero-order valence-electron chi connectivity index (χ0n) is 18.7. The number of H-pyrrole nitrogens is 1. The molecule has 0 aliphatic rings. The Labute approximate surface area is 200 Å². The van der Waals surface area contributed by atoms with E-state index < -0.39 is 60.6 Å². The van der Waals surface area contributed by atoms with Crippen LogP contribution >= 0.6 is 7.60 Å². The summed E-state index contributed by atoms with van der Waals surface area (Å²) in [7, 11) is -3.10. The molecule has 0 radical (unpaired) electrons. The van der Waals surface area contributed by atoms with Crippen molar-refractivity contribution in [3.8, 4) is 0 Å². The Morgan fingerprint density at radius 1 is 1.17 bits per heavy atom. The molecule has 0 bridgehead atoms. The number of carbonyl (C=O) groups is 2. The average Bonchev–Trinajstić information content (AvgIpc) is 3.38. The maximum Gasteiger partial charge on any atom is 0.328 e. The number of amides is 1. The number of hydrogen-bond acceptors (Lipinski definition) is 5. The van der Waals surface area contributed by atoms with E-state index in [-0.39, 0.29) is 16.9 Å². The van der Waals surface area contributed by atoms with Crippen molar-refractivity contribution in [2.45, 2.75) is 18.9 Å². The third-order valence-electron chi connectivity index (χ3n) is 5.63. The van der Waals surface area contributed by atoms with Crippen molar-refractivity contribution in [2.24, 2.45) is 7.05 Å². The number of aliphatic carboxylic acids is 1. The van der Waals surface area contributed by atoms with Gasteiger partial charge in [0.25, 0.3) is 5.91 Å². The Morgan fingerprint density at radius 3 is 2.50 bits per heavy atom. The molecule has 190 valence electrons. The van der Waals surface area contributed by atoms with Crippen molar-refractivity contribution < 1.29 is 42.2 Å². The van der Waals surface area contributed by atoms with Crippen molar-refractivity contribution in [2.75, 3.05) is 6.16 Å². The van der Waals surface area contributed by atoms with E-state index in [2.05, 4.69) is 20.3 Å². The van der Waals surface area contributed by atoms with Gasteiger partial charge in [-0.15, -0.1) is 0 Å². The van der Waals surface area contributed by atoms with Crippen LogP contribution in [0, 0.1) is 17.5 Å². The van der Waals surface area contributed by atoms with E-state index in [1.807, 2.05) is 0 Å². The Bertz CT molecular complexity index is 1580. The first-order valence-electron chi connectivity index (χ1n) is 10.3. The number of aromatic nitrogens is 4. The normalized spacial score (nSPS) is 13.8. The third kappa shape index (κ3) is 4.70. The predicted molar refractivity (Wildman–Crippen MR) is 120 cm³/mol. The van der Waals surface area contributed by atoms with Crippen molar-refractivity contribution in [1.29, 1.82) is 0 Å². The lowest BCUT2D eigenvalue weighted by Crippen LogP contribution is -2.43. The van der Waals surface area contributed by atoms with Crippen LogP contribution in [-0.2, 0) is 16.4 Å². The van der Waals surface area contributed by atoms with Crippen molar-refractivity contribution in [1.82, 2.24) is 24.8 Å². The van der Waals surface area contributed by atoms with Gasteiger partial charge in [0.15, 0.2) is 17.5 Å². The van der Waals surface area contributed by atoms with Gasteiger partial charge in [0.2, 0.25) is 0 Å². The van der Waals surface area contributed by atoms with Crippen LogP contribution in [0.5, 0.6) is 0 Å². The molecule has 4 aromatic rings. The highest BCUT2D eigenvalue weighted by Crippen LogP contribution is 2.35. The largest absolute Gasteiger partial charge is 0.480 e. The fraction of sp³-hybridized carbons (Fsp3) is 0.238. The molecule has 11 nitrogen and oxygen atoms in total. The maximum atomic E-state index is 14.1. The number of benzene rings is 2. The highest BCUT2D eigenvalue weighted by Gasteiger charge is 2.29. The van der Waals surface area contributed by atoms with Gasteiger partial charge in [-0.3, -0.25) is 9.36 Å². The number of halogens is 3. The molecule has 4 rings (SSSR count). The van der Waals surface area contributed by atoms with Gasteiger partial charge in [0, 0.05) is 18.7 Å². The SMILES string of the molecule is CC(c1nc2c(F)cc(F)c(F)c2[nH]1)c1nc2ccc(C(=O)NC(CP(=O)(O)O)C(=O)O)cc2n1C. The summed E-state index contributed by atoms with van der Waals surface area (Å²) < 4.78 is 54.5. The highest BCUT2D eigenvalue weighted by molar-refractivity contribution is 7.51. The van der Waals surface area contributed by atoms with Gasteiger partial charge in [0.05, 0.1) is 23.1 Å². The molecule has 2 unspecified atom stereocenters. The molecule has 2 aromatic heterocycles. The quantitative estimate of drug-likeness (QED) is 0.181. The molecule has 2 atom stereocenters. The maximum absolute atomic E-state index is 14.1. The van der Waals surface area contributed by atoms with Crippen LogP contribution in [0.25, 0.3) is 22.1 Å². The zero-order chi connectivity index (χ0) is 26.5. The van der Waals surface area contributed by atoms with Crippen LogP contribution in [-0.4, -0.2) is 58.5 Å². The van der Waals surface area contributed by atoms with Gasteiger partial charge in [-0.05, 0) is 25.1 Å². The minimum absolute atomic E-state index is 0.00465. The molecule has 2 aromatic carbocycles. The lowest BCUT2D eigenvalue weighted by Gasteiger charge is -2.15. The highest BCUT2D eigenvalue weighted by atomic mass is 31.2. The number of carboxylic acids is 1. The average molecular weight is 525 g/mol. The number of imidazole rings is 2. The molecule has 0 saturated carbocycles. The van der Waals surface area contributed by atoms with Crippen LogP contribution < -0.4 is 5.32 Å². The zero-order valence-corrected chi connectivity index (χ0v) is 19.6. The topological polar surface area (TPSA) is 170 Å². The summed E-state index contributed by atoms with van der Waals surface area (Å²) in [4.78, 5) is 53.1. The van der Waals surface area contributed by atoms with E-state index in [0.717, 1.165) is 0 Å². The summed E-state index contributed by atoms with van der Waals surface area (Å²) in [6.45, 7) is 1.65. The van der Waals surface area contributed by atoms with E-state index in [4.69, 9.17) is 9.79 Å². The number of fused-ring (bicyclic) bond motifs is 2. The van der Waals surface area contributed by atoms with E-state index in [1.54, 1.807) is 18.5 Å². The number of rotatable bonds is 7. The van der Waals surface area contributed by atoms with E-state index in [1.165, 1.54) is 18.2 Å². The van der Waals surface area contributed by atoms with E-state index in [0.29, 0.717) is 22.9 Å². The molecule has 36 heavy (non-hydrogen) atoms. The molecule has 5 N–H and O–H groups in total. The summed E-state index contributed by atoms with van der Waals surface area (Å²) in [5.41, 5.74) is 0.0865. The first kappa shape index (κ1) is 25.4. The Morgan fingerprint density at radius 2 is 1.86 bits per heavy atom. The Balaban J connectivity index is 1.67. The lowest BCUT2D eigenvalue weighted by molar-refractivity contribution is -0.138. The molecule has 0 fully saturated rings. The second kappa shape index (κ2) is 9.04. The van der Waals surface area contributed by atoms with Crippen LogP contribution in [0.1, 0.15) is 34.8 Å². The summed E-state index contributed by atoms with van der Waals surface area (Å²) >= 11 is 0. The number of aromatic amines is 1. The summed E-state index contributed by atoms with van der Waals surface area (Å²) in [6, 6.07) is 2.83. The number of nitrogens with one attached hydrogen (secondary N) is 2. The number of nitrogens with zero attached hydrogens (tertiary/aromatic N) is 3. The number of hydrogen-bond donors (Lipinski definition) is 5.